The van der Waals surface area contributed by atoms with Crippen molar-refractivity contribution < 1.29 is 14.0 Å². The van der Waals surface area contributed by atoms with Crippen molar-refractivity contribution >= 4 is 17.6 Å². The van der Waals surface area contributed by atoms with E-state index in [9.17, 15) is 14.0 Å². The highest BCUT2D eigenvalue weighted by molar-refractivity contribution is 6.02. The molecular weight excluding hydrogens is 471 g/mol. The first-order valence-corrected chi connectivity index (χ1v) is 12.5. The molecule has 2 aliphatic rings. The van der Waals surface area contributed by atoms with E-state index in [4.69, 9.17) is 11.0 Å². The van der Waals surface area contributed by atoms with Crippen LogP contribution < -0.4 is 11.1 Å². The standard InChI is InChI=1S/C20H21FN2.C8H10N4O2/c21-20-15-23(13-11-19(20)10-12-22)14-16-6-8-18(9-7-16)17-4-2-1-3-5-17;9-6(13)5-3-10-12-7(5)11-8(14)4-1-2-4/h1-9,19-20H,10-11,13-15H2;3-4H,1-2H2,(H2,9,13)(H2,10,11,12,14). The van der Waals surface area contributed by atoms with E-state index in [2.05, 4.69) is 62.9 Å². The second kappa shape index (κ2) is 12.3. The Morgan fingerprint density at radius 2 is 1.81 bits per heavy atom. The van der Waals surface area contributed by atoms with E-state index in [0.29, 0.717) is 13.0 Å². The fourth-order valence-corrected chi connectivity index (χ4v) is 4.34. The molecule has 0 spiro atoms. The molecule has 0 bridgehead atoms. The summed E-state index contributed by atoms with van der Waals surface area (Å²) >= 11 is 0. The van der Waals surface area contributed by atoms with Gasteiger partial charge in [-0.05, 0) is 42.5 Å². The van der Waals surface area contributed by atoms with Crippen LogP contribution in [0.3, 0.4) is 0 Å². The number of piperidine rings is 1. The average molecular weight is 503 g/mol. The van der Waals surface area contributed by atoms with Gasteiger partial charge >= 0.3 is 0 Å². The predicted molar refractivity (Wildman–Crippen MR) is 139 cm³/mol. The molecule has 1 aromatic heterocycles. The van der Waals surface area contributed by atoms with Gasteiger partial charge in [-0.25, -0.2) is 4.39 Å². The van der Waals surface area contributed by atoms with Crippen molar-refractivity contribution in [2.24, 2.45) is 17.6 Å². The van der Waals surface area contributed by atoms with E-state index < -0.39 is 12.1 Å². The molecule has 1 aliphatic heterocycles. The molecule has 1 aliphatic carbocycles. The summed E-state index contributed by atoms with van der Waals surface area (Å²) in [5.41, 5.74) is 8.90. The number of hydrogen-bond donors (Lipinski definition) is 3. The molecule has 1 saturated heterocycles. The number of rotatable bonds is 7. The summed E-state index contributed by atoms with van der Waals surface area (Å²) in [5.74, 6) is -0.410. The lowest BCUT2D eigenvalue weighted by molar-refractivity contribution is -0.117. The van der Waals surface area contributed by atoms with Gasteiger partial charge in [-0.2, -0.15) is 10.4 Å². The third-order valence-electron chi connectivity index (χ3n) is 6.68. The van der Waals surface area contributed by atoms with E-state index in [0.717, 1.165) is 32.4 Å². The lowest BCUT2D eigenvalue weighted by Crippen LogP contribution is -2.41. The van der Waals surface area contributed by atoms with Crippen LogP contribution in [0, 0.1) is 23.2 Å². The number of anilines is 1. The zero-order valence-corrected chi connectivity index (χ0v) is 20.6. The van der Waals surface area contributed by atoms with Gasteiger partial charge in [0.15, 0.2) is 0 Å². The predicted octanol–water partition coefficient (Wildman–Crippen LogP) is 4.28. The maximum Gasteiger partial charge on any atom is 0.254 e. The summed E-state index contributed by atoms with van der Waals surface area (Å²) in [6.07, 6.45) is 3.34. The number of hydrogen-bond acceptors (Lipinski definition) is 5. The highest BCUT2D eigenvalue weighted by Gasteiger charge is 2.31. The quantitative estimate of drug-likeness (QED) is 0.444. The lowest BCUT2D eigenvalue weighted by atomic mass is 9.92. The molecule has 2 unspecified atom stereocenters. The summed E-state index contributed by atoms with van der Waals surface area (Å²) in [6.45, 7) is 2.08. The minimum atomic E-state index is -0.882. The number of benzene rings is 2. The Bertz CT molecular complexity index is 1230. The van der Waals surface area contributed by atoms with E-state index in [-0.39, 0.29) is 29.1 Å². The lowest BCUT2D eigenvalue weighted by Gasteiger charge is -2.33. The minimum absolute atomic E-state index is 0.0824. The van der Waals surface area contributed by atoms with Gasteiger partial charge in [-0.3, -0.25) is 19.6 Å². The normalized spacial score (nSPS) is 19.2. The van der Waals surface area contributed by atoms with Crippen LogP contribution in [0.2, 0.25) is 0 Å². The van der Waals surface area contributed by atoms with Crippen molar-refractivity contribution in [3.05, 3.63) is 71.9 Å². The number of nitrogens with zero attached hydrogens (tertiary/aromatic N) is 3. The van der Waals surface area contributed by atoms with Crippen molar-refractivity contribution in [1.29, 1.82) is 5.26 Å². The van der Waals surface area contributed by atoms with Crippen molar-refractivity contribution in [3.8, 4) is 17.2 Å². The minimum Gasteiger partial charge on any atom is -0.365 e. The third-order valence-corrected chi connectivity index (χ3v) is 6.68. The Morgan fingerprint density at radius 3 is 2.43 bits per heavy atom. The number of H-pyrrole nitrogens is 1. The van der Waals surface area contributed by atoms with Crippen LogP contribution >= 0.6 is 0 Å². The zero-order valence-electron chi connectivity index (χ0n) is 20.6. The second-order valence-corrected chi connectivity index (χ2v) is 9.51. The molecule has 4 N–H and O–H groups in total. The molecule has 192 valence electrons. The van der Waals surface area contributed by atoms with Crippen LogP contribution in [-0.2, 0) is 11.3 Å². The van der Waals surface area contributed by atoms with E-state index >= 15 is 0 Å². The Balaban J connectivity index is 0.000000195. The molecule has 8 nitrogen and oxygen atoms in total. The number of alkyl halides is 1. The van der Waals surface area contributed by atoms with Crippen LogP contribution in [0.15, 0.2) is 60.8 Å². The Morgan fingerprint density at radius 1 is 1.11 bits per heavy atom. The smallest absolute Gasteiger partial charge is 0.254 e. The summed E-state index contributed by atoms with van der Waals surface area (Å²) < 4.78 is 14.1. The summed E-state index contributed by atoms with van der Waals surface area (Å²) in [5, 5.41) is 17.5. The Hall–Kier alpha value is -4.03. The van der Waals surface area contributed by atoms with Gasteiger partial charge in [-0.1, -0.05) is 54.6 Å². The van der Waals surface area contributed by atoms with Crippen molar-refractivity contribution in [2.75, 3.05) is 18.4 Å². The van der Waals surface area contributed by atoms with Crippen molar-refractivity contribution in [1.82, 2.24) is 15.1 Å². The van der Waals surface area contributed by atoms with Crippen LogP contribution in [0.4, 0.5) is 10.2 Å². The van der Waals surface area contributed by atoms with Crippen LogP contribution in [0.5, 0.6) is 0 Å². The molecule has 2 amide bonds. The Kier molecular flexibility index (Phi) is 8.64. The fraction of sp³-hybridized carbons (Fsp3) is 0.357. The molecule has 9 heteroatoms. The first-order valence-electron chi connectivity index (χ1n) is 12.5. The van der Waals surface area contributed by atoms with Crippen LogP contribution in [0.25, 0.3) is 11.1 Å². The highest BCUT2D eigenvalue weighted by Crippen LogP contribution is 2.30. The molecular formula is C28H31FN6O2. The molecule has 2 heterocycles. The molecule has 2 atom stereocenters. The molecule has 0 radical (unpaired) electrons. The number of carbonyl (C=O) groups excluding carboxylic acids is 2. The summed E-state index contributed by atoms with van der Waals surface area (Å²) in [6, 6.07) is 20.9. The number of amides is 2. The van der Waals surface area contributed by atoms with Gasteiger partial charge in [-0.15, -0.1) is 0 Å². The monoisotopic (exact) mass is 502 g/mol. The first-order chi connectivity index (χ1) is 17.9. The topological polar surface area (TPSA) is 128 Å². The van der Waals surface area contributed by atoms with Gasteiger partial charge < -0.3 is 11.1 Å². The molecule has 2 fully saturated rings. The van der Waals surface area contributed by atoms with Crippen molar-refractivity contribution in [3.63, 3.8) is 0 Å². The number of primary amides is 1. The molecule has 37 heavy (non-hydrogen) atoms. The Labute approximate surface area is 215 Å². The molecule has 5 rings (SSSR count). The first kappa shape index (κ1) is 26.0. The number of aromatic nitrogens is 2. The third kappa shape index (κ3) is 7.24. The second-order valence-electron chi connectivity index (χ2n) is 9.51. The summed E-state index contributed by atoms with van der Waals surface area (Å²) in [7, 11) is 0. The number of nitrogens with one attached hydrogen (secondary N) is 2. The SMILES string of the molecule is N#CCC1CCN(Cc2ccc(-c3ccccc3)cc2)CC1F.NC(=O)c1cn[nH]c1NC(=O)C1CC1. The number of nitriles is 1. The van der Waals surface area contributed by atoms with Gasteiger partial charge in [0.05, 0.1) is 12.3 Å². The van der Waals surface area contributed by atoms with E-state index in [1.807, 2.05) is 18.2 Å². The van der Waals surface area contributed by atoms with Gasteiger partial charge in [0, 0.05) is 31.3 Å². The number of likely N-dealkylation sites (tertiary alicyclic amines) is 1. The van der Waals surface area contributed by atoms with Gasteiger partial charge in [0.1, 0.15) is 17.6 Å². The molecule has 2 aromatic carbocycles. The zero-order chi connectivity index (χ0) is 26.2. The maximum absolute atomic E-state index is 14.1. The van der Waals surface area contributed by atoms with Gasteiger partial charge in [0.25, 0.3) is 5.91 Å². The summed E-state index contributed by atoms with van der Waals surface area (Å²) in [4.78, 5) is 24.3. The van der Waals surface area contributed by atoms with Crippen LogP contribution in [0.1, 0.15) is 41.6 Å². The van der Waals surface area contributed by atoms with Crippen LogP contribution in [-0.4, -0.2) is 46.2 Å². The average Bonchev–Trinajstić information content (AvgIpc) is 3.66. The molecule has 3 aromatic rings. The highest BCUT2D eigenvalue weighted by atomic mass is 19.1. The molecule has 1 saturated carbocycles. The number of carbonyl (C=O) groups is 2. The number of aromatic amines is 1. The number of halogens is 1. The van der Waals surface area contributed by atoms with E-state index in [1.165, 1.54) is 22.9 Å². The fourth-order valence-electron chi connectivity index (χ4n) is 4.34. The van der Waals surface area contributed by atoms with Crippen molar-refractivity contribution in [2.45, 2.75) is 38.4 Å². The number of nitrogens with two attached hydrogens (primary N) is 1. The largest absolute Gasteiger partial charge is 0.365 e. The van der Waals surface area contributed by atoms with E-state index in [1.54, 1.807) is 0 Å². The van der Waals surface area contributed by atoms with Gasteiger partial charge in [0.2, 0.25) is 5.91 Å². The maximum atomic E-state index is 14.1.